The highest BCUT2D eigenvalue weighted by Crippen LogP contribution is 2.03. The van der Waals surface area contributed by atoms with E-state index in [-0.39, 0.29) is 25.1 Å². The molecule has 0 aromatic rings. The van der Waals surface area contributed by atoms with Crippen LogP contribution in [-0.4, -0.2) is 67.4 Å². The van der Waals surface area contributed by atoms with E-state index in [0.717, 1.165) is 19.6 Å². The molecular formula is C11H21N3O4. The minimum atomic E-state index is -0.926. The average molecular weight is 259 g/mol. The fraction of sp³-hybridized carbons (Fsp3) is 0.818. The van der Waals surface area contributed by atoms with Gasteiger partial charge >= 0.3 is 12.0 Å². The molecule has 1 atom stereocenters. The Morgan fingerprint density at radius 3 is 2.89 bits per heavy atom. The van der Waals surface area contributed by atoms with Gasteiger partial charge in [-0.2, -0.15) is 0 Å². The number of carbonyl (C=O) groups is 2. The molecule has 1 aliphatic heterocycles. The Balaban J connectivity index is 2.12. The minimum absolute atomic E-state index is 0.00363. The predicted octanol–water partition coefficient (Wildman–Crippen LogP) is -0.519. The van der Waals surface area contributed by atoms with Gasteiger partial charge in [0, 0.05) is 26.2 Å². The summed E-state index contributed by atoms with van der Waals surface area (Å²) in [4.78, 5) is 23.9. The van der Waals surface area contributed by atoms with Crippen molar-refractivity contribution in [2.75, 3.05) is 39.3 Å². The first kappa shape index (κ1) is 14.7. The summed E-state index contributed by atoms with van der Waals surface area (Å²) in [5.41, 5.74) is 0. The highest BCUT2D eigenvalue weighted by Gasteiger charge is 2.19. The van der Waals surface area contributed by atoms with E-state index in [2.05, 4.69) is 22.5 Å². The normalized spacial score (nSPS) is 20.4. The van der Waals surface area contributed by atoms with Crippen molar-refractivity contribution in [3.63, 3.8) is 0 Å². The first-order chi connectivity index (χ1) is 8.61. The Morgan fingerprint density at radius 1 is 1.44 bits per heavy atom. The summed E-state index contributed by atoms with van der Waals surface area (Å²) < 4.78 is 5.52. The summed E-state index contributed by atoms with van der Waals surface area (Å²) in [5.74, 6) is -0.926. The number of urea groups is 1. The summed E-state index contributed by atoms with van der Waals surface area (Å²) in [6.07, 6.45) is -0.0688. The summed E-state index contributed by atoms with van der Waals surface area (Å²) in [6, 6.07) is -0.353. The second kappa shape index (κ2) is 7.88. The molecule has 7 heteroatoms. The van der Waals surface area contributed by atoms with Crippen LogP contribution in [0.3, 0.4) is 0 Å². The van der Waals surface area contributed by atoms with Crippen LogP contribution in [-0.2, 0) is 9.53 Å². The van der Waals surface area contributed by atoms with Crippen LogP contribution in [0.4, 0.5) is 4.79 Å². The number of carbonyl (C=O) groups excluding carboxylic acids is 1. The third-order valence-electron chi connectivity index (χ3n) is 2.78. The van der Waals surface area contributed by atoms with Crippen LogP contribution in [0.15, 0.2) is 0 Å². The van der Waals surface area contributed by atoms with Crippen molar-refractivity contribution in [2.24, 2.45) is 0 Å². The van der Waals surface area contributed by atoms with Crippen LogP contribution in [0.5, 0.6) is 0 Å². The zero-order chi connectivity index (χ0) is 13.4. The quantitative estimate of drug-likeness (QED) is 0.597. The summed E-state index contributed by atoms with van der Waals surface area (Å²) in [5, 5.41) is 13.6. The molecule has 0 radical (unpaired) electrons. The number of rotatable bonds is 6. The second-order valence-electron chi connectivity index (χ2n) is 4.17. The Hall–Kier alpha value is -1.34. The lowest BCUT2D eigenvalue weighted by atomic mass is 10.2. The number of ether oxygens (including phenoxy) is 1. The fourth-order valence-corrected chi connectivity index (χ4v) is 1.74. The third-order valence-corrected chi connectivity index (χ3v) is 2.78. The van der Waals surface area contributed by atoms with Gasteiger partial charge in [0.2, 0.25) is 0 Å². The molecule has 0 bridgehead atoms. The maximum atomic E-state index is 11.3. The smallest absolute Gasteiger partial charge is 0.314 e. The number of carboxylic acids is 1. The third kappa shape index (κ3) is 5.83. The molecule has 1 aliphatic rings. The topological polar surface area (TPSA) is 90.9 Å². The van der Waals surface area contributed by atoms with Crippen LogP contribution in [0, 0.1) is 0 Å². The second-order valence-corrected chi connectivity index (χ2v) is 4.17. The van der Waals surface area contributed by atoms with Gasteiger partial charge in [-0.3, -0.25) is 9.69 Å². The minimum Gasteiger partial charge on any atom is -0.481 e. The van der Waals surface area contributed by atoms with Gasteiger partial charge in [0.25, 0.3) is 0 Å². The molecule has 0 aliphatic carbocycles. The Bertz CT molecular complexity index is 285. The molecule has 0 spiro atoms. The lowest BCUT2D eigenvalue weighted by molar-refractivity contribution is -0.136. The van der Waals surface area contributed by atoms with Crippen molar-refractivity contribution in [1.29, 1.82) is 0 Å². The van der Waals surface area contributed by atoms with Crippen LogP contribution >= 0.6 is 0 Å². The number of nitrogens with zero attached hydrogens (tertiary/aromatic N) is 1. The number of nitrogens with one attached hydrogen (secondary N) is 2. The molecule has 0 saturated carbocycles. The van der Waals surface area contributed by atoms with E-state index < -0.39 is 5.97 Å². The van der Waals surface area contributed by atoms with Gasteiger partial charge < -0.3 is 20.5 Å². The van der Waals surface area contributed by atoms with Crippen molar-refractivity contribution < 1.29 is 19.4 Å². The predicted molar refractivity (Wildman–Crippen MR) is 65.5 cm³/mol. The molecule has 1 unspecified atom stereocenters. The lowest BCUT2D eigenvalue weighted by Crippen LogP contribution is -2.49. The summed E-state index contributed by atoms with van der Waals surface area (Å²) >= 11 is 0. The van der Waals surface area contributed by atoms with Crippen molar-refractivity contribution in [3.05, 3.63) is 0 Å². The van der Waals surface area contributed by atoms with Gasteiger partial charge in [0.05, 0.1) is 19.1 Å². The van der Waals surface area contributed by atoms with Crippen LogP contribution in [0.25, 0.3) is 0 Å². The van der Waals surface area contributed by atoms with Gasteiger partial charge in [-0.15, -0.1) is 0 Å². The number of carboxylic acid groups (broad SMARTS) is 1. The van der Waals surface area contributed by atoms with Crippen molar-refractivity contribution in [3.8, 4) is 0 Å². The van der Waals surface area contributed by atoms with Crippen LogP contribution in [0.1, 0.15) is 13.3 Å². The van der Waals surface area contributed by atoms with E-state index >= 15 is 0 Å². The van der Waals surface area contributed by atoms with E-state index in [1.807, 2.05) is 0 Å². The van der Waals surface area contributed by atoms with Crippen molar-refractivity contribution in [1.82, 2.24) is 15.5 Å². The monoisotopic (exact) mass is 259 g/mol. The standard InChI is InChI=1S/C11H21N3O4/c1-2-14-5-6-18-9(8-14)7-13-11(17)12-4-3-10(15)16/h9H,2-8H2,1H3,(H,15,16)(H2,12,13,17). The molecule has 18 heavy (non-hydrogen) atoms. The maximum Gasteiger partial charge on any atom is 0.314 e. The Labute approximate surface area is 106 Å². The largest absolute Gasteiger partial charge is 0.481 e. The Kier molecular flexibility index (Phi) is 6.45. The van der Waals surface area contributed by atoms with Gasteiger partial charge in [-0.25, -0.2) is 4.79 Å². The number of aliphatic carboxylic acids is 1. The summed E-state index contributed by atoms with van der Waals surface area (Å²) in [7, 11) is 0. The molecule has 2 amide bonds. The van der Waals surface area contributed by atoms with Crippen LogP contribution in [0.2, 0.25) is 0 Å². The van der Waals surface area contributed by atoms with Crippen molar-refractivity contribution in [2.45, 2.75) is 19.4 Å². The molecular weight excluding hydrogens is 238 g/mol. The fourth-order valence-electron chi connectivity index (χ4n) is 1.74. The SMILES string of the molecule is CCN1CCOC(CNC(=O)NCCC(=O)O)C1. The molecule has 7 nitrogen and oxygen atoms in total. The molecule has 1 saturated heterocycles. The van der Waals surface area contributed by atoms with E-state index in [0.29, 0.717) is 13.2 Å². The van der Waals surface area contributed by atoms with E-state index in [4.69, 9.17) is 9.84 Å². The first-order valence-corrected chi connectivity index (χ1v) is 6.19. The molecule has 1 heterocycles. The maximum absolute atomic E-state index is 11.3. The zero-order valence-electron chi connectivity index (χ0n) is 10.6. The number of hydrogen-bond acceptors (Lipinski definition) is 4. The van der Waals surface area contributed by atoms with Gasteiger partial charge in [0.1, 0.15) is 0 Å². The number of morpholine rings is 1. The van der Waals surface area contributed by atoms with Crippen molar-refractivity contribution >= 4 is 12.0 Å². The lowest BCUT2D eigenvalue weighted by Gasteiger charge is -2.32. The molecule has 104 valence electrons. The van der Waals surface area contributed by atoms with E-state index in [1.54, 1.807) is 0 Å². The molecule has 0 aromatic heterocycles. The number of hydrogen-bond donors (Lipinski definition) is 3. The summed E-state index contributed by atoms with van der Waals surface area (Å²) in [6.45, 7) is 6.06. The van der Waals surface area contributed by atoms with Gasteiger partial charge in [-0.1, -0.05) is 6.92 Å². The number of likely N-dealkylation sites (N-methyl/N-ethyl adjacent to an activating group) is 1. The van der Waals surface area contributed by atoms with Gasteiger partial charge in [-0.05, 0) is 6.54 Å². The number of amides is 2. The highest BCUT2D eigenvalue weighted by molar-refractivity contribution is 5.74. The first-order valence-electron chi connectivity index (χ1n) is 6.19. The zero-order valence-corrected chi connectivity index (χ0v) is 10.6. The molecule has 0 aromatic carbocycles. The van der Waals surface area contributed by atoms with E-state index in [1.165, 1.54) is 0 Å². The molecule has 3 N–H and O–H groups in total. The van der Waals surface area contributed by atoms with E-state index in [9.17, 15) is 9.59 Å². The average Bonchev–Trinajstić information content (AvgIpc) is 2.36. The van der Waals surface area contributed by atoms with Crippen LogP contribution < -0.4 is 10.6 Å². The molecule has 1 fully saturated rings. The van der Waals surface area contributed by atoms with Gasteiger partial charge in [0.15, 0.2) is 0 Å². The Morgan fingerprint density at radius 2 is 2.22 bits per heavy atom. The molecule has 1 rings (SSSR count). The highest BCUT2D eigenvalue weighted by atomic mass is 16.5.